The largest absolute Gasteiger partial charge is 0.357 e. The van der Waals surface area contributed by atoms with E-state index in [1.807, 2.05) is 18.2 Å². The maximum Gasteiger partial charge on any atom is 0.253 e. The second-order valence-electron chi connectivity index (χ2n) is 4.00. The number of halogens is 1. The summed E-state index contributed by atoms with van der Waals surface area (Å²) in [6, 6.07) is 5.93. The fraction of sp³-hybridized carbons (Fsp3) is 0.250. The third kappa shape index (κ3) is 1.37. The number of para-hydroxylation sites is 1. The molecule has 1 amide bonds. The number of fused-ring (bicyclic) bond motifs is 3. The van der Waals surface area contributed by atoms with E-state index in [1.54, 1.807) is 0 Å². The molecule has 1 aliphatic rings. The van der Waals surface area contributed by atoms with Gasteiger partial charge in [-0.2, -0.15) is 0 Å². The van der Waals surface area contributed by atoms with Crippen molar-refractivity contribution < 1.29 is 4.79 Å². The van der Waals surface area contributed by atoms with E-state index in [1.165, 1.54) is 0 Å². The lowest BCUT2D eigenvalue weighted by Gasteiger charge is -1.99. The van der Waals surface area contributed by atoms with E-state index in [-0.39, 0.29) is 5.91 Å². The molecule has 0 bridgehead atoms. The molecule has 1 aliphatic heterocycles. The molecule has 16 heavy (non-hydrogen) atoms. The maximum atomic E-state index is 11.9. The highest BCUT2D eigenvalue weighted by atomic mass is 79.9. The number of H-pyrrole nitrogens is 1. The number of benzene rings is 1. The molecule has 1 aromatic heterocycles. The van der Waals surface area contributed by atoms with Crippen molar-refractivity contribution in [1.29, 1.82) is 0 Å². The van der Waals surface area contributed by atoms with Crippen molar-refractivity contribution in [1.82, 2.24) is 10.3 Å². The monoisotopic (exact) mass is 278 g/mol. The SMILES string of the molecule is O=C1NCCCc2[nH]c3c(Br)cccc3c21. The van der Waals surface area contributed by atoms with Crippen LogP contribution in [0.1, 0.15) is 22.5 Å². The minimum absolute atomic E-state index is 0.0388. The van der Waals surface area contributed by atoms with Gasteiger partial charge in [0.25, 0.3) is 5.91 Å². The van der Waals surface area contributed by atoms with Crippen LogP contribution in [-0.4, -0.2) is 17.4 Å². The fourth-order valence-corrected chi connectivity index (χ4v) is 2.70. The molecule has 2 N–H and O–H groups in total. The van der Waals surface area contributed by atoms with Crippen molar-refractivity contribution in [2.75, 3.05) is 6.54 Å². The number of hydrogen-bond acceptors (Lipinski definition) is 1. The van der Waals surface area contributed by atoms with Gasteiger partial charge in [0.05, 0.1) is 11.1 Å². The van der Waals surface area contributed by atoms with Crippen LogP contribution >= 0.6 is 15.9 Å². The van der Waals surface area contributed by atoms with E-state index in [0.717, 1.165) is 46.0 Å². The molecule has 4 heteroatoms. The van der Waals surface area contributed by atoms with E-state index < -0.39 is 0 Å². The predicted octanol–water partition coefficient (Wildman–Crippen LogP) is 2.61. The van der Waals surface area contributed by atoms with Gasteiger partial charge in [-0.1, -0.05) is 12.1 Å². The van der Waals surface area contributed by atoms with E-state index >= 15 is 0 Å². The highest BCUT2D eigenvalue weighted by Crippen LogP contribution is 2.29. The number of hydrogen-bond donors (Lipinski definition) is 2. The second kappa shape index (κ2) is 3.63. The summed E-state index contributed by atoms with van der Waals surface area (Å²) in [5.74, 6) is 0.0388. The summed E-state index contributed by atoms with van der Waals surface area (Å²) in [5.41, 5.74) is 2.88. The summed E-state index contributed by atoms with van der Waals surface area (Å²) < 4.78 is 1.01. The second-order valence-corrected chi connectivity index (χ2v) is 4.85. The number of amides is 1. The van der Waals surface area contributed by atoms with Crippen molar-refractivity contribution in [2.45, 2.75) is 12.8 Å². The Bertz CT molecular complexity index is 574. The van der Waals surface area contributed by atoms with Gasteiger partial charge < -0.3 is 10.3 Å². The highest BCUT2D eigenvalue weighted by molar-refractivity contribution is 9.10. The van der Waals surface area contributed by atoms with Crippen LogP contribution < -0.4 is 5.32 Å². The number of aromatic nitrogens is 1. The molecule has 0 aliphatic carbocycles. The number of aromatic amines is 1. The molecule has 1 aromatic carbocycles. The fourth-order valence-electron chi connectivity index (χ4n) is 2.24. The Kier molecular flexibility index (Phi) is 2.24. The quantitative estimate of drug-likeness (QED) is 0.765. The lowest BCUT2D eigenvalue weighted by molar-refractivity contribution is 0.0957. The van der Waals surface area contributed by atoms with Gasteiger partial charge in [0.1, 0.15) is 0 Å². The molecule has 0 saturated heterocycles. The molecule has 0 saturated carbocycles. The number of rotatable bonds is 0. The Labute approximate surface area is 101 Å². The normalized spacial score (nSPS) is 15.7. The van der Waals surface area contributed by atoms with Crippen molar-refractivity contribution in [3.63, 3.8) is 0 Å². The third-order valence-corrected chi connectivity index (χ3v) is 3.64. The van der Waals surface area contributed by atoms with Crippen molar-refractivity contribution >= 4 is 32.7 Å². The van der Waals surface area contributed by atoms with Gasteiger partial charge in [-0.3, -0.25) is 4.79 Å². The first-order valence-corrected chi connectivity index (χ1v) is 6.14. The van der Waals surface area contributed by atoms with Gasteiger partial charge in [0.15, 0.2) is 0 Å². The Morgan fingerprint density at radius 3 is 3.06 bits per heavy atom. The van der Waals surface area contributed by atoms with Crippen molar-refractivity contribution in [2.24, 2.45) is 0 Å². The molecule has 3 nitrogen and oxygen atoms in total. The van der Waals surface area contributed by atoms with Crippen LogP contribution in [0.4, 0.5) is 0 Å². The molecular formula is C12H11BrN2O. The zero-order valence-corrected chi connectivity index (χ0v) is 10.2. The van der Waals surface area contributed by atoms with Crippen LogP contribution in [0.2, 0.25) is 0 Å². The van der Waals surface area contributed by atoms with Gasteiger partial charge in [0.2, 0.25) is 0 Å². The first kappa shape index (κ1) is 9.90. The molecule has 2 heterocycles. The molecular weight excluding hydrogens is 268 g/mol. The molecule has 0 radical (unpaired) electrons. The van der Waals surface area contributed by atoms with Gasteiger partial charge in [-0.15, -0.1) is 0 Å². The average Bonchev–Trinajstić information content (AvgIpc) is 2.55. The van der Waals surface area contributed by atoms with E-state index in [0.29, 0.717) is 0 Å². The number of carbonyl (C=O) groups excluding carboxylic acids is 1. The van der Waals surface area contributed by atoms with Crippen LogP contribution in [-0.2, 0) is 6.42 Å². The minimum atomic E-state index is 0.0388. The van der Waals surface area contributed by atoms with E-state index in [2.05, 4.69) is 26.2 Å². The Morgan fingerprint density at radius 1 is 1.31 bits per heavy atom. The van der Waals surface area contributed by atoms with E-state index in [4.69, 9.17) is 0 Å². The summed E-state index contributed by atoms with van der Waals surface area (Å²) in [6.45, 7) is 0.761. The van der Waals surface area contributed by atoms with Crippen LogP contribution in [0.25, 0.3) is 10.9 Å². The molecule has 2 aromatic rings. The summed E-state index contributed by atoms with van der Waals surface area (Å²) in [6.07, 6.45) is 1.92. The van der Waals surface area contributed by atoms with Crippen LogP contribution in [0.3, 0.4) is 0 Å². The predicted molar refractivity (Wildman–Crippen MR) is 66.7 cm³/mol. The maximum absolute atomic E-state index is 11.9. The van der Waals surface area contributed by atoms with Gasteiger partial charge in [0, 0.05) is 22.1 Å². The molecule has 0 spiro atoms. The summed E-state index contributed by atoms with van der Waals surface area (Å²) in [7, 11) is 0. The smallest absolute Gasteiger partial charge is 0.253 e. The van der Waals surface area contributed by atoms with Crippen molar-refractivity contribution in [3.8, 4) is 0 Å². The van der Waals surface area contributed by atoms with Crippen LogP contribution in [0, 0.1) is 0 Å². The average molecular weight is 279 g/mol. The van der Waals surface area contributed by atoms with Crippen LogP contribution in [0.5, 0.6) is 0 Å². The molecule has 3 rings (SSSR count). The van der Waals surface area contributed by atoms with E-state index in [9.17, 15) is 4.79 Å². The standard InChI is InChI=1S/C12H11BrN2O/c13-8-4-1-3-7-10-9(15-11(7)8)5-2-6-14-12(10)16/h1,3-4,15H,2,5-6H2,(H,14,16). The lowest BCUT2D eigenvalue weighted by Crippen LogP contribution is -2.22. The summed E-state index contributed by atoms with van der Waals surface area (Å²) in [5, 5.41) is 3.93. The van der Waals surface area contributed by atoms with Gasteiger partial charge in [-0.05, 0) is 34.8 Å². The highest BCUT2D eigenvalue weighted by Gasteiger charge is 2.21. The number of carbonyl (C=O) groups is 1. The van der Waals surface area contributed by atoms with Crippen LogP contribution in [0.15, 0.2) is 22.7 Å². The first-order valence-electron chi connectivity index (χ1n) is 5.34. The Morgan fingerprint density at radius 2 is 2.19 bits per heavy atom. The molecule has 0 atom stereocenters. The van der Waals surface area contributed by atoms with Gasteiger partial charge >= 0.3 is 0 Å². The Balaban J connectivity index is 2.35. The number of nitrogens with one attached hydrogen (secondary N) is 2. The molecule has 0 fully saturated rings. The lowest BCUT2D eigenvalue weighted by atomic mass is 10.1. The number of aryl methyl sites for hydroxylation is 1. The zero-order valence-electron chi connectivity index (χ0n) is 8.64. The minimum Gasteiger partial charge on any atom is -0.357 e. The third-order valence-electron chi connectivity index (χ3n) is 2.98. The summed E-state index contributed by atoms with van der Waals surface area (Å²) >= 11 is 3.50. The van der Waals surface area contributed by atoms with Gasteiger partial charge in [-0.25, -0.2) is 0 Å². The summed E-state index contributed by atoms with van der Waals surface area (Å²) in [4.78, 5) is 15.3. The first-order chi connectivity index (χ1) is 7.77. The molecule has 82 valence electrons. The van der Waals surface area contributed by atoms with Crippen molar-refractivity contribution in [3.05, 3.63) is 33.9 Å². The zero-order chi connectivity index (χ0) is 11.1. The molecule has 0 unspecified atom stereocenters. The topological polar surface area (TPSA) is 44.9 Å². The Hall–Kier alpha value is -1.29.